The number of aliphatic imine (C=N–C) groups is 1. The van der Waals surface area contributed by atoms with Crippen molar-refractivity contribution in [3.8, 4) is 0 Å². The second-order valence-corrected chi connectivity index (χ2v) is 4.01. The molecule has 6 heteroatoms. The van der Waals surface area contributed by atoms with Gasteiger partial charge in [0.2, 0.25) is 5.78 Å². The van der Waals surface area contributed by atoms with E-state index >= 15 is 0 Å². The third-order valence-corrected chi connectivity index (χ3v) is 2.45. The van der Waals surface area contributed by atoms with Crippen molar-refractivity contribution in [3.63, 3.8) is 0 Å². The number of hydrogen-bond donors (Lipinski definition) is 1. The summed E-state index contributed by atoms with van der Waals surface area (Å²) in [6.45, 7) is -0.570. The molecule has 0 amide bonds. The van der Waals surface area contributed by atoms with Crippen LogP contribution in [0.2, 0.25) is 0 Å². The number of nitrogens with zero attached hydrogens (tertiary/aromatic N) is 1. The van der Waals surface area contributed by atoms with Crippen LogP contribution < -0.4 is 0 Å². The number of carboxylic acid groups (broad SMARTS) is 1. The molecule has 0 aromatic heterocycles. The fourth-order valence-electron chi connectivity index (χ4n) is 1.29. The van der Waals surface area contributed by atoms with E-state index in [9.17, 15) is 9.59 Å². The number of ether oxygens (including phenoxy) is 1. The molecule has 0 spiro atoms. The standard InChI is InChI=1S/C10H6BrNO4/c11-5-1-2-7-6(3-5)9(15)10(12-7)16-4-8(13)14/h1-3H,4H2,(H,13,14). The molecule has 82 valence electrons. The summed E-state index contributed by atoms with van der Waals surface area (Å²) in [6, 6.07) is 5.03. The molecule has 1 aromatic rings. The number of benzene rings is 1. The lowest BCUT2D eigenvalue weighted by Crippen LogP contribution is -2.18. The Morgan fingerprint density at radius 2 is 2.25 bits per heavy atom. The SMILES string of the molecule is O=C(O)COC1=Nc2ccc(Br)cc2C1=O. The van der Waals surface area contributed by atoms with Gasteiger partial charge in [-0.1, -0.05) is 15.9 Å². The maximum atomic E-state index is 11.7. The van der Waals surface area contributed by atoms with Gasteiger partial charge in [-0.2, -0.15) is 0 Å². The second kappa shape index (κ2) is 4.05. The molecule has 0 bridgehead atoms. The van der Waals surface area contributed by atoms with Gasteiger partial charge < -0.3 is 9.84 Å². The predicted molar refractivity (Wildman–Crippen MR) is 59.2 cm³/mol. The van der Waals surface area contributed by atoms with E-state index in [1.807, 2.05) is 0 Å². The van der Waals surface area contributed by atoms with Crippen molar-refractivity contribution in [2.75, 3.05) is 6.61 Å². The molecule has 1 N–H and O–H groups in total. The molecule has 1 aliphatic heterocycles. The molecule has 0 saturated carbocycles. The van der Waals surface area contributed by atoms with Gasteiger partial charge in [0, 0.05) is 4.47 Å². The van der Waals surface area contributed by atoms with Crippen LogP contribution in [-0.2, 0) is 9.53 Å². The number of carboxylic acids is 1. The summed E-state index contributed by atoms with van der Waals surface area (Å²) in [5, 5.41) is 8.42. The Bertz CT molecular complexity index is 510. The molecule has 0 fully saturated rings. The fraction of sp³-hybridized carbons (Fsp3) is 0.100. The van der Waals surface area contributed by atoms with Crippen LogP contribution >= 0.6 is 15.9 Å². The topological polar surface area (TPSA) is 76.0 Å². The van der Waals surface area contributed by atoms with Crippen LogP contribution in [-0.4, -0.2) is 29.4 Å². The molecule has 1 aliphatic rings. The second-order valence-electron chi connectivity index (χ2n) is 3.09. The van der Waals surface area contributed by atoms with Gasteiger partial charge in [0.25, 0.3) is 5.90 Å². The van der Waals surface area contributed by atoms with Gasteiger partial charge in [0.05, 0.1) is 11.3 Å². The monoisotopic (exact) mass is 283 g/mol. The number of carbonyl (C=O) groups excluding carboxylic acids is 1. The van der Waals surface area contributed by atoms with Crippen molar-refractivity contribution in [2.45, 2.75) is 0 Å². The van der Waals surface area contributed by atoms with Gasteiger partial charge in [0.15, 0.2) is 6.61 Å². The minimum Gasteiger partial charge on any atom is -0.479 e. The number of rotatable bonds is 2. The van der Waals surface area contributed by atoms with Gasteiger partial charge >= 0.3 is 5.97 Å². The zero-order valence-electron chi connectivity index (χ0n) is 7.94. The summed E-state index contributed by atoms with van der Waals surface area (Å²) in [5.41, 5.74) is 0.906. The van der Waals surface area contributed by atoms with E-state index in [2.05, 4.69) is 20.9 Å². The van der Waals surface area contributed by atoms with Crippen LogP contribution in [0.1, 0.15) is 10.4 Å². The molecule has 0 unspecified atom stereocenters. The number of halogens is 1. The van der Waals surface area contributed by atoms with Crippen LogP contribution in [0.15, 0.2) is 27.7 Å². The molecule has 1 aromatic carbocycles. The summed E-state index contributed by atoms with van der Waals surface area (Å²) in [7, 11) is 0. The smallest absolute Gasteiger partial charge is 0.341 e. The predicted octanol–water partition coefficient (Wildman–Crippen LogP) is 1.78. The van der Waals surface area contributed by atoms with Crippen LogP contribution in [0.4, 0.5) is 5.69 Å². The Morgan fingerprint density at radius 1 is 1.50 bits per heavy atom. The number of ketones is 1. The van der Waals surface area contributed by atoms with Crippen molar-refractivity contribution in [1.29, 1.82) is 0 Å². The zero-order valence-corrected chi connectivity index (χ0v) is 9.52. The Labute approximate surface area is 98.9 Å². The highest BCUT2D eigenvalue weighted by Gasteiger charge is 2.26. The number of Topliss-reactive ketones (excluding diaryl/α,β-unsaturated/α-hetero) is 1. The summed E-state index contributed by atoms with van der Waals surface area (Å²) < 4.78 is 5.54. The first-order chi connectivity index (χ1) is 7.58. The van der Waals surface area contributed by atoms with Crippen molar-refractivity contribution < 1.29 is 19.4 Å². The molecule has 0 saturated heterocycles. The van der Waals surface area contributed by atoms with Crippen LogP contribution in [0.5, 0.6) is 0 Å². The van der Waals surface area contributed by atoms with Gasteiger partial charge in [0.1, 0.15) is 0 Å². The Morgan fingerprint density at radius 3 is 2.94 bits per heavy atom. The Hall–Kier alpha value is -1.69. The van der Waals surface area contributed by atoms with Gasteiger partial charge in [-0.3, -0.25) is 4.79 Å². The molecule has 16 heavy (non-hydrogen) atoms. The molecule has 0 aliphatic carbocycles. The average Bonchev–Trinajstić information content (AvgIpc) is 2.53. The highest BCUT2D eigenvalue weighted by molar-refractivity contribution is 9.10. The van der Waals surface area contributed by atoms with Crippen LogP contribution in [0.25, 0.3) is 0 Å². The normalized spacial score (nSPS) is 13.3. The van der Waals surface area contributed by atoms with Crippen LogP contribution in [0.3, 0.4) is 0 Å². The average molecular weight is 284 g/mol. The maximum Gasteiger partial charge on any atom is 0.341 e. The van der Waals surface area contributed by atoms with E-state index in [-0.39, 0.29) is 5.90 Å². The van der Waals surface area contributed by atoms with Crippen molar-refractivity contribution in [2.24, 2.45) is 4.99 Å². The summed E-state index contributed by atoms with van der Waals surface area (Å²) in [4.78, 5) is 25.9. The van der Waals surface area contributed by atoms with E-state index in [4.69, 9.17) is 9.84 Å². The molecule has 2 rings (SSSR count). The molecular weight excluding hydrogens is 278 g/mol. The summed E-state index contributed by atoms with van der Waals surface area (Å²) >= 11 is 3.24. The number of hydrogen-bond acceptors (Lipinski definition) is 4. The van der Waals surface area contributed by atoms with Gasteiger partial charge in [-0.15, -0.1) is 0 Å². The van der Waals surface area contributed by atoms with Crippen molar-refractivity contribution >= 4 is 39.3 Å². The van der Waals surface area contributed by atoms with E-state index in [1.165, 1.54) is 0 Å². The molecular formula is C10H6BrNO4. The lowest BCUT2D eigenvalue weighted by atomic mass is 10.1. The van der Waals surface area contributed by atoms with E-state index in [1.54, 1.807) is 18.2 Å². The Kier molecular flexibility index (Phi) is 2.74. The third-order valence-electron chi connectivity index (χ3n) is 1.95. The largest absolute Gasteiger partial charge is 0.479 e. The lowest BCUT2D eigenvalue weighted by Gasteiger charge is -1.99. The first-order valence-electron chi connectivity index (χ1n) is 4.35. The molecule has 0 radical (unpaired) electrons. The quantitative estimate of drug-likeness (QED) is 0.898. The van der Waals surface area contributed by atoms with E-state index in [0.717, 1.165) is 4.47 Å². The lowest BCUT2D eigenvalue weighted by molar-refractivity contribution is -0.139. The van der Waals surface area contributed by atoms with Crippen molar-refractivity contribution in [1.82, 2.24) is 0 Å². The molecule has 1 heterocycles. The number of fused-ring (bicyclic) bond motifs is 1. The van der Waals surface area contributed by atoms with Crippen LogP contribution in [0, 0.1) is 0 Å². The Balaban J connectivity index is 2.23. The minimum atomic E-state index is -1.15. The molecule has 5 nitrogen and oxygen atoms in total. The zero-order chi connectivity index (χ0) is 11.7. The van der Waals surface area contributed by atoms with Gasteiger partial charge in [-0.05, 0) is 18.2 Å². The summed E-state index contributed by atoms with van der Waals surface area (Å²) in [6.07, 6.45) is 0. The number of aliphatic carboxylic acids is 1. The summed E-state index contributed by atoms with van der Waals surface area (Å²) in [5.74, 6) is -1.71. The minimum absolute atomic E-state index is 0.171. The van der Waals surface area contributed by atoms with E-state index in [0.29, 0.717) is 11.3 Å². The third kappa shape index (κ3) is 1.96. The fourth-order valence-corrected chi connectivity index (χ4v) is 1.65. The first-order valence-corrected chi connectivity index (χ1v) is 5.15. The van der Waals surface area contributed by atoms with E-state index < -0.39 is 18.4 Å². The first kappa shape index (κ1) is 10.8. The number of carbonyl (C=O) groups is 2. The van der Waals surface area contributed by atoms with Gasteiger partial charge in [-0.25, -0.2) is 9.79 Å². The molecule has 0 atom stereocenters. The highest BCUT2D eigenvalue weighted by Crippen LogP contribution is 2.29. The maximum absolute atomic E-state index is 11.7. The van der Waals surface area contributed by atoms with Crippen molar-refractivity contribution in [3.05, 3.63) is 28.2 Å². The highest BCUT2D eigenvalue weighted by atomic mass is 79.9.